The summed E-state index contributed by atoms with van der Waals surface area (Å²) in [6.45, 7) is 15.3. The number of benzene rings is 2. The molecule has 2 aromatic heterocycles. The van der Waals surface area contributed by atoms with Crippen molar-refractivity contribution < 1.29 is 38.9 Å². The highest BCUT2D eigenvalue weighted by Crippen LogP contribution is 2.41. The zero-order valence-electron chi connectivity index (χ0n) is 40.1. The molecule has 6 bridgehead atoms. The molecular formula is C51H66N8O8. The third kappa shape index (κ3) is 10.4. The van der Waals surface area contributed by atoms with Gasteiger partial charge in [0.1, 0.15) is 17.8 Å². The Balaban J connectivity index is 1.31. The van der Waals surface area contributed by atoms with Crippen molar-refractivity contribution in [1.29, 1.82) is 0 Å². The highest BCUT2D eigenvalue weighted by molar-refractivity contribution is 5.96. The number of nitrogens with zero attached hydrogens (tertiary/aromatic N) is 6. The molecule has 4 atom stereocenters. The quantitative estimate of drug-likeness (QED) is 0.128. The molecule has 0 spiro atoms. The summed E-state index contributed by atoms with van der Waals surface area (Å²) >= 11 is 0. The van der Waals surface area contributed by atoms with Crippen LogP contribution in [0.5, 0.6) is 5.75 Å². The van der Waals surface area contributed by atoms with Gasteiger partial charge in [-0.3, -0.25) is 29.2 Å². The molecule has 4 N–H and O–H groups in total. The molecule has 0 saturated carbocycles. The summed E-state index contributed by atoms with van der Waals surface area (Å²) in [6, 6.07) is 11.1. The number of aliphatic hydroxyl groups is 1. The second kappa shape index (κ2) is 19.6. The molecule has 2 fully saturated rings. The van der Waals surface area contributed by atoms with Gasteiger partial charge < -0.3 is 39.5 Å². The maximum absolute atomic E-state index is 14.7. The van der Waals surface area contributed by atoms with Crippen LogP contribution in [-0.2, 0) is 54.6 Å². The van der Waals surface area contributed by atoms with Gasteiger partial charge in [-0.05, 0) is 110 Å². The van der Waals surface area contributed by atoms with Crippen molar-refractivity contribution >= 4 is 40.5 Å². The summed E-state index contributed by atoms with van der Waals surface area (Å²) in [6.07, 6.45) is 5.99. The van der Waals surface area contributed by atoms with Crippen LogP contribution < -0.4 is 10.7 Å². The van der Waals surface area contributed by atoms with Crippen molar-refractivity contribution in [3.8, 4) is 28.1 Å². The lowest BCUT2D eigenvalue weighted by Gasteiger charge is -2.40. The minimum atomic E-state index is -2.26. The fourth-order valence-electron chi connectivity index (χ4n) is 10.0. The number of hydrogen-bond acceptors (Lipinski definition) is 11. The molecule has 7 rings (SSSR count). The molecule has 16 heteroatoms. The van der Waals surface area contributed by atoms with Crippen LogP contribution in [0, 0.1) is 17.3 Å². The summed E-state index contributed by atoms with van der Waals surface area (Å²) in [5.74, 6) is -3.69. The van der Waals surface area contributed by atoms with Gasteiger partial charge in [0.2, 0.25) is 23.4 Å². The highest BCUT2D eigenvalue weighted by atomic mass is 16.6. The minimum Gasteiger partial charge on any atom is -0.508 e. The molecule has 0 aliphatic carbocycles. The maximum atomic E-state index is 14.7. The van der Waals surface area contributed by atoms with E-state index in [2.05, 4.69) is 56.9 Å². The summed E-state index contributed by atoms with van der Waals surface area (Å²) < 4.78 is 8.23. The van der Waals surface area contributed by atoms with Crippen LogP contribution in [0.1, 0.15) is 70.6 Å². The number of pyridine rings is 1. The molecular weight excluding hydrogens is 853 g/mol. The Morgan fingerprint density at radius 3 is 2.51 bits per heavy atom. The Hall–Kier alpha value is -6.10. The topological polar surface area (TPSA) is 190 Å². The van der Waals surface area contributed by atoms with E-state index in [1.54, 1.807) is 24.1 Å². The van der Waals surface area contributed by atoms with Gasteiger partial charge in [-0.15, -0.1) is 0 Å². The Kier molecular flexibility index (Phi) is 14.3. The predicted molar refractivity (Wildman–Crippen MR) is 255 cm³/mol. The molecule has 0 unspecified atom stereocenters. The summed E-state index contributed by atoms with van der Waals surface area (Å²) in [5.41, 5.74) is 6.89. The monoisotopic (exact) mass is 919 g/mol. The number of hydrazine groups is 1. The highest BCUT2D eigenvalue weighted by Gasteiger charge is 2.46. The molecule has 2 saturated heterocycles. The van der Waals surface area contributed by atoms with Crippen LogP contribution in [0.15, 0.2) is 67.5 Å². The number of fused-ring (bicyclic) bond motifs is 6. The number of ether oxygens (including phenoxy) is 1. The molecule has 5 heterocycles. The number of hydrogen-bond donors (Lipinski definition) is 4. The van der Waals surface area contributed by atoms with Crippen molar-refractivity contribution in [3.05, 3.63) is 84.2 Å². The number of aromatic nitrogens is 2. The molecule has 4 aromatic rings. The third-order valence-corrected chi connectivity index (χ3v) is 13.2. The van der Waals surface area contributed by atoms with Gasteiger partial charge >= 0.3 is 5.97 Å². The number of likely N-dealkylation sites (tertiary alicyclic amines) is 1. The Bertz CT molecular complexity index is 2570. The number of nitrogens with one attached hydrogen (secondary N) is 2. The van der Waals surface area contributed by atoms with Gasteiger partial charge in [-0.25, -0.2) is 4.79 Å². The van der Waals surface area contributed by atoms with Gasteiger partial charge in [0.15, 0.2) is 0 Å². The molecule has 3 aliphatic heterocycles. The summed E-state index contributed by atoms with van der Waals surface area (Å²) in [4.78, 5) is 79.2. The molecule has 4 amide bonds. The van der Waals surface area contributed by atoms with Gasteiger partial charge in [0, 0.05) is 86.9 Å². The summed E-state index contributed by atoms with van der Waals surface area (Å²) in [7, 11) is 5.58. The third-order valence-electron chi connectivity index (χ3n) is 13.2. The lowest BCUT2D eigenvalue weighted by Crippen LogP contribution is -2.67. The molecule has 0 radical (unpaired) electrons. The van der Waals surface area contributed by atoms with E-state index in [0.717, 1.165) is 43.9 Å². The standard InChI is InChI=1S/C51H66N8O8/c1-10-43(61)57-18-15-35(29-57)47(63)56(9)44(31(3)4)46(62)53-41-22-32-19-36(23-38(60)21-32)34-13-14-42-39(24-34)40(45(58(42)11-2)37-20-33(26-52-27-37)28-55(7)8)25-50(5,6)30-67-49(65)51(66)16-12-17-59(54-51)48(41)64/h10,13-14,19-21,23-24,26-27,31,35,41,44,54,60,66H,1,11-12,15-18,22,25,28-30H2,2-9H3,(H,53,62)/t35-,41-,44-,51-/m0/s1. The van der Waals surface area contributed by atoms with Crippen molar-refractivity contribution in [2.24, 2.45) is 17.3 Å². The number of amides is 4. The van der Waals surface area contributed by atoms with Gasteiger partial charge in [-0.1, -0.05) is 46.4 Å². The molecule has 16 nitrogen and oxygen atoms in total. The number of rotatable bonds is 10. The number of carbonyl (C=O) groups is 5. The lowest BCUT2D eigenvalue weighted by molar-refractivity contribution is -0.189. The van der Waals surface area contributed by atoms with Crippen LogP contribution in [0.25, 0.3) is 33.3 Å². The van der Waals surface area contributed by atoms with Crippen LogP contribution in [0.2, 0.25) is 0 Å². The van der Waals surface area contributed by atoms with Gasteiger partial charge in [-0.2, -0.15) is 5.43 Å². The fraction of sp³-hybridized carbons (Fsp3) is 0.490. The van der Waals surface area contributed by atoms with E-state index < -0.39 is 46.9 Å². The zero-order chi connectivity index (χ0) is 48.5. The SMILES string of the molecule is C=CC(=O)N1CC[C@H](C(=O)N(C)[C@H](C(=O)N[C@H]2Cc3cc(O)cc(c3)-c3ccc4c(c3)c(c(-c3cncc(CN(C)C)c3)n4CC)CC(C)(C)COC(=O)[C@@]3(O)CCCN(N3)C2=O)C(C)C)C1. The van der Waals surface area contributed by atoms with E-state index in [1.165, 1.54) is 11.0 Å². The minimum absolute atomic E-state index is 0.0322. The van der Waals surface area contributed by atoms with E-state index in [9.17, 15) is 34.2 Å². The number of aryl methyl sites for hydroxylation is 1. The summed E-state index contributed by atoms with van der Waals surface area (Å²) in [5, 5.41) is 28.2. The fourth-order valence-corrected chi connectivity index (χ4v) is 10.0. The van der Waals surface area contributed by atoms with E-state index in [-0.39, 0.29) is 62.4 Å². The van der Waals surface area contributed by atoms with Gasteiger partial charge in [0.25, 0.3) is 5.91 Å². The number of phenols is 1. The maximum Gasteiger partial charge on any atom is 0.355 e. The van der Waals surface area contributed by atoms with Crippen molar-refractivity contribution in [3.63, 3.8) is 0 Å². The van der Waals surface area contributed by atoms with Crippen LogP contribution in [0.4, 0.5) is 0 Å². The van der Waals surface area contributed by atoms with Crippen LogP contribution >= 0.6 is 0 Å². The number of carbonyl (C=O) groups excluding carboxylic acids is 5. The van der Waals surface area contributed by atoms with E-state index in [4.69, 9.17) is 4.74 Å². The average molecular weight is 919 g/mol. The van der Waals surface area contributed by atoms with Crippen molar-refractivity contribution in [2.45, 2.75) is 97.6 Å². The number of cyclic esters (lactones) is 1. The first kappa shape index (κ1) is 48.8. The molecule has 2 aromatic carbocycles. The normalized spacial score (nSPS) is 21.5. The van der Waals surface area contributed by atoms with Crippen molar-refractivity contribution in [2.75, 3.05) is 47.4 Å². The first-order valence-electron chi connectivity index (χ1n) is 23.3. The van der Waals surface area contributed by atoms with E-state index in [0.29, 0.717) is 43.6 Å². The Morgan fingerprint density at radius 2 is 1.81 bits per heavy atom. The average Bonchev–Trinajstić information content (AvgIpc) is 3.89. The van der Waals surface area contributed by atoms with E-state index >= 15 is 0 Å². The molecule has 358 valence electrons. The number of likely N-dealkylation sites (N-methyl/N-ethyl adjacent to an activating group) is 1. The number of aromatic hydroxyl groups is 1. The first-order chi connectivity index (χ1) is 31.7. The second-order valence-electron chi connectivity index (χ2n) is 19.9. The van der Waals surface area contributed by atoms with E-state index in [1.807, 2.05) is 66.3 Å². The smallest absolute Gasteiger partial charge is 0.355 e. The number of phenolic OH excluding ortho intramolecular Hbond substituents is 1. The second-order valence-corrected chi connectivity index (χ2v) is 19.9. The molecule has 67 heavy (non-hydrogen) atoms. The largest absolute Gasteiger partial charge is 0.508 e. The number of esters is 1. The zero-order valence-corrected chi connectivity index (χ0v) is 40.1. The Morgan fingerprint density at radius 1 is 1.04 bits per heavy atom. The van der Waals surface area contributed by atoms with Gasteiger partial charge in [0.05, 0.1) is 18.2 Å². The first-order valence-corrected chi connectivity index (χ1v) is 23.3. The Labute approximate surface area is 392 Å². The lowest BCUT2D eigenvalue weighted by atomic mass is 9.84. The van der Waals surface area contributed by atoms with Crippen molar-refractivity contribution in [1.82, 2.24) is 40.0 Å². The van der Waals surface area contributed by atoms with Crippen LogP contribution in [-0.4, -0.2) is 134 Å². The molecule has 3 aliphatic rings. The van der Waals surface area contributed by atoms with Crippen LogP contribution in [0.3, 0.4) is 0 Å². The predicted octanol–water partition coefficient (Wildman–Crippen LogP) is 4.64.